The van der Waals surface area contributed by atoms with Gasteiger partial charge in [-0.05, 0) is 54.7 Å². The van der Waals surface area contributed by atoms with Crippen LogP contribution in [0.15, 0.2) is 30.3 Å². The third-order valence-electron chi connectivity index (χ3n) is 4.98. The number of carboxylic acids is 1. The van der Waals surface area contributed by atoms with E-state index in [0.717, 1.165) is 45.4 Å². The molecule has 6 nitrogen and oxygen atoms in total. The number of hydrogen-bond donors (Lipinski definition) is 2. The summed E-state index contributed by atoms with van der Waals surface area (Å²) in [7, 11) is 0. The van der Waals surface area contributed by atoms with Crippen LogP contribution in [0.5, 0.6) is 0 Å². The van der Waals surface area contributed by atoms with Crippen LogP contribution in [0.1, 0.15) is 47.1 Å². The van der Waals surface area contributed by atoms with Crippen molar-refractivity contribution in [2.45, 2.75) is 46.3 Å². The fourth-order valence-electron chi connectivity index (χ4n) is 3.45. The molecule has 1 atom stereocenters. The molecular weight excluding hydrogens is 330 g/mol. The molecule has 0 aliphatic heterocycles. The van der Waals surface area contributed by atoms with E-state index in [1.54, 1.807) is 0 Å². The molecule has 0 fully saturated rings. The van der Waals surface area contributed by atoms with Gasteiger partial charge in [0, 0.05) is 12.5 Å². The molecular formula is C20H23N3O3. The number of aliphatic carboxylic acids is 1. The smallest absolute Gasteiger partial charge is 0.304 e. The molecule has 1 aromatic heterocycles. The maximum absolute atomic E-state index is 11.5. The minimum atomic E-state index is -0.863. The normalized spacial score (nSPS) is 12.5. The molecule has 0 spiro atoms. The lowest BCUT2D eigenvalue weighted by Crippen LogP contribution is -2.10. The number of benzene rings is 2. The first-order valence-electron chi connectivity index (χ1n) is 8.71. The van der Waals surface area contributed by atoms with E-state index in [0.29, 0.717) is 0 Å². The van der Waals surface area contributed by atoms with Gasteiger partial charge in [-0.2, -0.15) is 0 Å². The first kappa shape index (κ1) is 18.1. The number of nitrogens with zero attached hydrogens (tertiary/aromatic N) is 3. The van der Waals surface area contributed by atoms with Crippen molar-refractivity contribution in [2.75, 3.05) is 0 Å². The second-order valence-corrected chi connectivity index (χ2v) is 6.55. The van der Waals surface area contributed by atoms with E-state index in [9.17, 15) is 15.0 Å². The topological polar surface area (TPSA) is 88.2 Å². The monoisotopic (exact) mass is 353 g/mol. The van der Waals surface area contributed by atoms with Gasteiger partial charge in [0.2, 0.25) is 0 Å². The van der Waals surface area contributed by atoms with Gasteiger partial charge < -0.3 is 10.2 Å². The highest BCUT2D eigenvalue weighted by Crippen LogP contribution is 2.34. The summed E-state index contributed by atoms with van der Waals surface area (Å²) < 4.78 is 1.83. The maximum atomic E-state index is 11.5. The van der Waals surface area contributed by atoms with E-state index in [4.69, 9.17) is 0 Å². The Morgan fingerprint density at radius 3 is 2.65 bits per heavy atom. The second kappa shape index (κ2) is 7.25. The van der Waals surface area contributed by atoms with Crippen molar-refractivity contribution in [1.82, 2.24) is 15.0 Å². The van der Waals surface area contributed by atoms with Crippen LogP contribution in [-0.4, -0.2) is 31.2 Å². The van der Waals surface area contributed by atoms with Crippen molar-refractivity contribution < 1.29 is 15.0 Å². The van der Waals surface area contributed by atoms with Gasteiger partial charge in [-0.15, -0.1) is 5.10 Å². The minimum absolute atomic E-state index is 0.0256. The average molecular weight is 353 g/mol. The van der Waals surface area contributed by atoms with E-state index in [2.05, 4.69) is 10.3 Å². The maximum Gasteiger partial charge on any atom is 0.304 e. The summed E-state index contributed by atoms with van der Waals surface area (Å²) in [6.07, 6.45) is -0.0256. The number of aliphatic hydroxyl groups excluding tert-OH is 1. The summed E-state index contributed by atoms with van der Waals surface area (Å²) in [5.74, 6) is -1.17. The van der Waals surface area contributed by atoms with Crippen molar-refractivity contribution in [3.63, 3.8) is 0 Å². The molecule has 3 rings (SSSR count). The van der Waals surface area contributed by atoms with Gasteiger partial charge in [0.25, 0.3) is 0 Å². The Morgan fingerprint density at radius 1 is 1.23 bits per heavy atom. The van der Waals surface area contributed by atoms with Crippen LogP contribution in [0.4, 0.5) is 0 Å². The van der Waals surface area contributed by atoms with Crippen molar-refractivity contribution in [2.24, 2.45) is 0 Å². The molecule has 6 heteroatoms. The zero-order valence-corrected chi connectivity index (χ0v) is 15.2. The van der Waals surface area contributed by atoms with Crippen molar-refractivity contribution in [3.05, 3.63) is 58.1 Å². The van der Waals surface area contributed by atoms with Gasteiger partial charge in [0.1, 0.15) is 5.52 Å². The quantitative estimate of drug-likeness (QED) is 0.711. The lowest BCUT2D eigenvalue weighted by molar-refractivity contribution is -0.137. The van der Waals surface area contributed by atoms with Crippen LogP contribution in [0.3, 0.4) is 0 Å². The number of fused-ring (bicyclic) bond motifs is 1. The molecule has 0 aliphatic carbocycles. The first-order chi connectivity index (χ1) is 12.5. The Morgan fingerprint density at radius 2 is 2.00 bits per heavy atom. The summed E-state index contributed by atoms with van der Waals surface area (Å²) in [5, 5.41) is 27.5. The van der Waals surface area contributed by atoms with Gasteiger partial charge in [-0.1, -0.05) is 29.5 Å². The van der Waals surface area contributed by atoms with E-state index in [1.165, 1.54) is 0 Å². The summed E-state index contributed by atoms with van der Waals surface area (Å²) in [5.41, 5.74) is 6.30. The molecule has 0 unspecified atom stereocenters. The molecule has 0 saturated carbocycles. The van der Waals surface area contributed by atoms with Crippen LogP contribution in [0.2, 0.25) is 0 Å². The van der Waals surface area contributed by atoms with Crippen LogP contribution >= 0.6 is 0 Å². The van der Waals surface area contributed by atoms with Gasteiger partial charge in [0.15, 0.2) is 0 Å². The molecule has 3 aromatic rings. The molecule has 2 N–H and O–H groups in total. The number of carbonyl (C=O) groups is 1. The predicted octanol–water partition coefficient (Wildman–Crippen LogP) is 3.17. The van der Waals surface area contributed by atoms with E-state index >= 15 is 0 Å². The zero-order chi connectivity index (χ0) is 18.8. The predicted molar refractivity (Wildman–Crippen MR) is 99.1 cm³/mol. The fraction of sp³-hybridized carbons (Fsp3) is 0.350. The van der Waals surface area contributed by atoms with Crippen molar-refractivity contribution in [3.8, 4) is 0 Å². The number of hydrogen-bond acceptors (Lipinski definition) is 4. The second-order valence-electron chi connectivity index (χ2n) is 6.55. The van der Waals surface area contributed by atoms with Gasteiger partial charge in [0.05, 0.1) is 18.5 Å². The van der Waals surface area contributed by atoms with Gasteiger partial charge in [-0.25, -0.2) is 4.68 Å². The van der Waals surface area contributed by atoms with Crippen molar-refractivity contribution >= 4 is 17.0 Å². The molecule has 0 aliphatic rings. The number of aliphatic hydroxyl groups is 1. The number of aromatic nitrogens is 3. The lowest BCUT2D eigenvalue weighted by atomic mass is 9.84. The molecule has 0 amide bonds. The Bertz CT molecular complexity index is 962. The number of carboxylic acid groups (broad SMARTS) is 1. The Kier molecular flexibility index (Phi) is 5.04. The third-order valence-corrected chi connectivity index (χ3v) is 4.98. The standard InChI is InChI=1S/C20H23N3O3/c1-4-23-18-8-7-16(13(3)20(18)21-22-23)17(10-19(25)26)14-6-5-12(2)15(9-14)11-24/h5-9,17,24H,4,10-11H2,1-3H3,(H,25,26)/t17-/m1/s1. The average Bonchev–Trinajstić information content (AvgIpc) is 3.05. The third kappa shape index (κ3) is 3.20. The Balaban J connectivity index is 2.15. The van der Waals surface area contributed by atoms with Crippen LogP contribution in [0, 0.1) is 13.8 Å². The molecule has 0 bridgehead atoms. The van der Waals surface area contributed by atoms with Gasteiger partial charge >= 0.3 is 5.97 Å². The largest absolute Gasteiger partial charge is 0.481 e. The van der Waals surface area contributed by atoms with Crippen LogP contribution in [-0.2, 0) is 17.9 Å². The van der Waals surface area contributed by atoms with E-state index < -0.39 is 5.97 Å². The summed E-state index contributed by atoms with van der Waals surface area (Å²) >= 11 is 0. The molecule has 0 radical (unpaired) electrons. The van der Waals surface area contributed by atoms with E-state index in [1.807, 2.05) is 55.8 Å². The molecule has 26 heavy (non-hydrogen) atoms. The Labute approximate surface area is 152 Å². The first-order valence-corrected chi connectivity index (χ1v) is 8.71. The van der Waals surface area contributed by atoms with E-state index in [-0.39, 0.29) is 18.9 Å². The summed E-state index contributed by atoms with van der Waals surface area (Å²) in [6.45, 7) is 6.56. The fourth-order valence-corrected chi connectivity index (χ4v) is 3.45. The van der Waals surface area contributed by atoms with Crippen LogP contribution < -0.4 is 0 Å². The molecule has 1 heterocycles. The van der Waals surface area contributed by atoms with Gasteiger partial charge in [-0.3, -0.25) is 4.79 Å². The zero-order valence-electron chi connectivity index (χ0n) is 15.2. The highest BCUT2D eigenvalue weighted by molar-refractivity contribution is 5.80. The van der Waals surface area contributed by atoms with Crippen LogP contribution in [0.25, 0.3) is 11.0 Å². The lowest BCUT2D eigenvalue weighted by Gasteiger charge is -2.20. The minimum Gasteiger partial charge on any atom is -0.481 e. The summed E-state index contributed by atoms with van der Waals surface area (Å²) in [6, 6.07) is 9.69. The molecule has 2 aromatic carbocycles. The number of rotatable bonds is 6. The van der Waals surface area contributed by atoms with Crippen molar-refractivity contribution in [1.29, 1.82) is 0 Å². The molecule has 136 valence electrons. The highest BCUT2D eigenvalue weighted by atomic mass is 16.4. The Hall–Kier alpha value is -2.73. The SMILES string of the molecule is CCn1nnc2c(C)c([C@H](CC(=O)O)c3ccc(C)c(CO)c3)ccc21. The summed E-state index contributed by atoms with van der Waals surface area (Å²) in [4.78, 5) is 11.5. The number of aryl methyl sites for hydroxylation is 3. The highest BCUT2D eigenvalue weighted by Gasteiger charge is 2.22. The molecule has 0 saturated heterocycles.